The van der Waals surface area contributed by atoms with Crippen LogP contribution in [-0.4, -0.2) is 19.5 Å². The summed E-state index contributed by atoms with van der Waals surface area (Å²) in [6.07, 6.45) is 13.5. The summed E-state index contributed by atoms with van der Waals surface area (Å²) < 4.78 is 9.04. The second-order valence-electron chi connectivity index (χ2n) is 17.8. The molecule has 8 aromatic carbocycles. The van der Waals surface area contributed by atoms with Crippen molar-refractivity contribution in [3.8, 4) is 67.3 Å². The molecule has 2 aliphatic carbocycles. The summed E-state index contributed by atoms with van der Waals surface area (Å²) in [5, 5.41) is 2.39. The fourth-order valence-electron chi connectivity index (χ4n) is 10.3. The van der Waals surface area contributed by atoms with Gasteiger partial charge >= 0.3 is 0 Å². The Labute approximate surface area is 395 Å². The zero-order chi connectivity index (χ0) is 45.0. The van der Waals surface area contributed by atoms with E-state index in [-0.39, 0.29) is 5.92 Å². The first-order chi connectivity index (χ1) is 33.7. The number of hydrogen-bond acceptors (Lipinski definition) is 4. The van der Waals surface area contributed by atoms with Crippen LogP contribution in [0.4, 0.5) is 0 Å². The molecular weight excluding hydrogens is 829 g/mol. The van der Waals surface area contributed by atoms with Crippen LogP contribution in [0.25, 0.3) is 94.5 Å². The van der Waals surface area contributed by atoms with Crippen molar-refractivity contribution < 1.29 is 4.74 Å². The number of aromatic nitrogens is 4. The maximum atomic E-state index is 6.65. The number of para-hydroxylation sites is 1. The van der Waals surface area contributed by atoms with Gasteiger partial charge in [-0.3, -0.25) is 0 Å². The average molecular weight is 873 g/mol. The summed E-state index contributed by atoms with van der Waals surface area (Å²) in [7, 11) is 0. The van der Waals surface area contributed by atoms with Crippen LogP contribution in [0.5, 0.6) is 5.75 Å². The largest absolute Gasteiger partial charge is 0.461 e. The Morgan fingerprint density at radius 1 is 0.456 bits per heavy atom. The third-order valence-electron chi connectivity index (χ3n) is 13.6. The summed E-state index contributed by atoms with van der Waals surface area (Å²) in [4.78, 5) is 15.4. The smallest absolute Gasteiger partial charge is 0.164 e. The van der Waals surface area contributed by atoms with Crippen molar-refractivity contribution >= 4 is 33.0 Å². The second kappa shape index (κ2) is 16.6. The topological polar surface area (TPSA) is 52.8 Å². The lowest BCUT2D eigenvalue weighted by Crippen LogP contribution is -2.12. The Hall–Kier alpha value is -8.67. The third kappa shape index (κ3) is 7.08. The molecule has 0 bridgehead atoms. The Balaban J connectivity index is 0.937. The lowest BCUT2D eigenvalue weighted by atomic mass is 9.85. The zero-order valence-corrected chi connectivity index (χ0v) is 37.3. The highest BCUT2D eigenvalue weighted by Crippen LogP contribution is 2.51. The predicted molar refractivity (Wildman–Crippen MR) is 278 cm³/mol. The van der Waals surface area contributed by atoms with E-state index in [0.29, 0.717) is 11.6 Å². The van der Waals surface area contributed by atoms with Gasteiger partial charge in [-0.15, -0.1) is 0 Å². The van der Waals surface area contributed by atoms with Crippen LogP contribution in [0.3, 0.4) is 0 Å². The van der Waals surface area contributed by atoms with Gasteiger partial charge in [0.1, 0.15) is 11.5 Å². The molecule has 3 heterocycles. The molecule has 0 spiro atoms. The molecule has 10 aromatic rings. The number of hydrogen-bond donors (Lipinski definition) is 0. The lowest BCUT2D eigenvalue weighted by molar-refractivity contribution is 0.436. The Kier molecular flexibility index (Phi) is 9.71. The molecule has 0 N–H and O–H groups in total. The van der Waals surface area contributed by atoms with Gasteiger partial charge in [0.25, 0.3) is 0 Å². The van der Waals surface area contributed by atoms with Gasteiger partial charge in [-0.1, -0.05) is 152 Å². The first-order valence-corrected chi connectivity index (χ1v) is 23.5. The number of ether oxygens (including phenoxy) is 1. The van der Waals surface area contributed by atoms with Crippen molar-refractivity contribution in [3.63, 3.8) is 0 Å². The monoisotopic (exact) mass is 872 g/mol. The Morgan fingerprint density at radius 3 is 1.63 bits per heavy atom. The molecule has 322 valence electrons. The molecule has 2 aromatic heterocycles. The molecule has 0 radical (unpaired) electrons. The third-order valence-corrected chi connectivity index (χ3v) is 13.6. The van der Waals surface area contributed by atoms with Gasteiger partial charge in [0, 0.05) is 33.2 Å². The van der Waals surface area contributed by atoms with Gasteiger partial charge in [-0.2, -0.15) is 0 Å². The maximum absolute atomic E-state index is 6.65. The molecule has 0 saturated carbocycles. The second-order valence-corrected chi connectivity index (χ2v) is 17.8. The molecule has 1 aliphatic heterocycles. The van der Waals surface area contributed by atoms with E-state index in [1.165, 1.54) is 44.2 Å². The van der Waals surface area contributed by atoms with Gasteiger partial charge in [0.2, 0.25) is 0 Å². The fourth-order valence-corrected chi connectivity index (χ4v) is 10.3. The van der Waals surface area contributed by atoms with Gasteiger partial charge in [-0.25, -0.2) is 15.0 Å². The number of rotatable bonds is 8. The molecule has 3 aliphatic rings. The van der Waals surface area contributed by atoms with Crippen LogP contribution in [0, 0.1) is 0 Å². The summed E-state index contributed by atoms with van der Waals surface area (Å²) in [6, 6.07) is 69.8. The van der Waals surface area contributed by atoms with Gasteiger partial charge in [0.15, 0.2) is 17.5 Å². The quantitative estimate of drug-likeness (QED) is 0.153. The van der Waals surface area contributed by atoms with Gasteiger partial charge in [-0.05, 0) is 142 Å². The standard InChI is InChI=1S/C63H44N4O/c1-6-17-41(18-7-1)48-35-49(42-19-8-2-9-20-42)37-50(36-48)47-30-33-57-54(39-47)53-38-45(29-32-56(53)67(57)51-25-14-5-15-26-51)46-31-34-58-55(40-46)60-52(27-16-28-59(60)68-58)63-65-61(43-21-10-3-11-22-43)64-62(66-63)44-23-12-4-13-24-44/h1-12,14-15,17-23,25-40,60H,13,16,24H2. The van der Waals surface area contributed by atoms with E-state index >= 15 is 0 Å². The van der Waals surface area contributed by atoms with Gasteiger partial charge in [0.05, 0.1) is 17.0 Å². The molecule has 0 saturated heterocycles. The number of nitrogens with zero attached hydrogens (tertiary/aromatic N) is 4. The Bertz CT molecular complexity index is 3660. The normalized spacial score (nSPS) is 15.1. The van der Waals surface area contributed by atoms with Crippen molar-refractivity contribution in [1.82, 2.24) is 19.5 Å². The van der Waals surface area contributed by atoms with E-state index in [2.05, 4.69) is 211 Å². The van der Waals surface area contributed by atoms with E-state index in [1.807, 2.05) is 18.2 Å². The van der Waals surface area contributed by atoms with E-state index in [0.717, 1.165) is 86.7 Å². The molecule has 13 rings (SSSR count). The zero-order valence-electron chi connectivity index (χ0n) is 37.3. The Morgan fingerprint density at radius 2 is 1.00 bits per heavy atom. The SMILES string of the molecule is C1=CCCC(c2nc(C3=CCC=C4Oc5ccc(-c6ccc7c(c6)c6cc(-c8cc(-c9ccccc9)cc(-c9ccccc9)c8)ccc6n7-c6ccccc6)cc5C43)nc(-c3ccccc3)n2)=C1. The van der Waals surface area contributed by atoms with Crippen LogP contribution in [0.2, 0.25) is 0 Å². The van der Waals surface area contributed by atoms with Crippen LogP contribution >= 0.6 is 0 Å². The minimum absolute atomic E-state index is 0.142. The van der Waals surface area contributed by atoms with Gasteiger partial charge < -0.3 is 9.30 Å². The molecule has 5 nitrogen and oxygen atoms in total. The first-order valence-electron chi connectivity index (χ1n) is 23.5. The minimum Gasteiger partial charge on any atom is -0.461 e. The highest BCUT2D eigenvalue weighted by atomic mass is 16.5. The molecule has 0 fully saturated rings. The molecule has 1 atom stereocenters. The van der Waals surface area contributed by atoms with E-state index in [9.17, 15) is 0 Å². The maximum Gasteiger partial charge on any atom is 0.164 e. The molecule has 0 amide bonds. The lowest BCUT2D eigenvalue weighted by Gasteiger charge is -2.20. The summed E-state index contributed by atoms with van der Waals surface area (Å²) in [5.74, 6) is 3.76. The van der Waals surface area contributed by atoms with Crippen molar-refractivity contribution in [2.24, 2.45) is 0 Å². The highest BCUT2D eigenvalue weighted by molar-refractivity contribution is 6.12. The highest BCUT2D eigenvalue weighted by Gasteiger charge is 2.36. The molecule has 5 heteroatoms. The first kappa shape index (κ1) is 39.7. The number of fused-ring (bicyclic) bond motifs is 6. The fraction of sp³-hybridized carbons (Fsp3) is 0.0635. The average Bonchev–Trinajstić information content (AvgIpc) is 3.97. The summed E-state index contributed by atoms with van der Waals surface area (Å²) in [6.45, 7) is 0. The van der Waals surface area contributed by atoms with E-state index in [4.69, 9.17) is 19.7 Å². The molecule has 1 unspecified atom stereocenters. The minimum atomic E-state index is -0.142. The van der Waals surface area contributed by atoms with Crippen LogP contribution in [0.15, 0.2) is 230 Å². The van der Waals surface area contributed by atoms with Crippen molar-refractivity contribution in [3.05, 3.63) is 247 Å². The molecular formula is C63H44N4O. The van der Waals surface area contributed by atoms with Crippen molar-refractivity contribution in [1.29, 1.82) is 0 Å². The van der Waals surface area contributed by atoms with Crippen LogP contribution in [0.1, 0.15) is 42.4 Å². The number of allylic oxidation sites excluding steroid dienone is 7. The summed E-state index contributed by atoms with van der Waals surface area (Å²) in [5.41, 5.74) is 17.1. The van der Waals surface area contributed by atoms with Crippen LogP contribution in [-0.2, 0) is 0 Å². The molecule has 68 heavy (non-hydrogen) atoms. The van der Waals surface area contributed by atoms with E-state index in [1.54, 1.807) is 0 Å². The summed E-state index contributed by atoms with van der Waals surface area (Å²) >= 11 is 0. The van der Waals surface area contributed by atoms with Crippen LogP contribution < -0.4 is 4.74 Å². The van der Waals surface area contributed by atoms with Crippen molar-refractivity contribution in [2.45, 2.75) is 25.2 Å². The van der Waals surface area contributed by atoms with E-state index < -0.39 is 0 Å². The van der Waals surface area contributed by atoms with Crippen molar-refractivity contribution in [2.75, 3.05) is 0 Å². The predicted octanol–water partition coefficient (Wildman–Crippen LogP) is 15.9. The number of benzene rings is 8.